The number of anilines is 1. The highest BCUT2D eigenvalue weighted by molar-refractivity contribution is 6.32. The molecule has 0 saturated heterocycles. The number of alkyl halides is 1. The maximum atomic E-state index is 14.0. The van der Waals surface area contributed by atoms with E-state index in [4.69, 9.17) is 7.85 Å². The van der Waals surface area contributed by atoms with Crippen LogP contribution in [0.4, 0.5) is 10.1 Å². The van der Waals surface area contributed by atoms with Gasteiger partial charge in [-0.1, -0.05) is 70.6 Å². The maximum absolute atomic E-state index is 14.0. The Morgan fingerprint density at radius 2 is 1.96 bits per heavy atom. The third kappa shape index (κ3) is 6.39. The number of hydrogen-bond acceptors (Lipinski definition) is 1. The van der Waals surface area contributed by atoms with Crippen molar-refractivity contribution in [2.75, 3.05) is 11.4 Å². The molecule has 1 aliphatic carbocycles. The molecule has 0 amide bonds. The molecule has 2 atom stereocenters. The van der Waals surface area contributed by atoms with Crippen LogP contribution in [0.1, 0.15) is 85.0 Å². The quantitative estimate of drug-likeness (QED) is 0.286. The lowest BCUT2D eigenvalue weighted by Crippen LogP contribution is -2.29. The molecule has 2 unspecified atom stereocenters. The first-order valence-electron chi connectivity index (χ1n) is 11.4. The Labute approximate surface area is 174 Å². The molecule has 0 bridgehead atoms. The highest BCUT2D eigenvalue weighted by Gasteiger charge is 2.31. The Kier molecular flexibility index (Phi) is 9.11. The first-order chi connectivity index (χ1) is 13.4. The Morgan fingerprint density at radius 3 is 2.57 bits per heavy atom. The molecular weight excluding hydrogens is 344 g/mol. The van der Waals surface area contributed by atoms with Crippen molar-refractivity contribution in [2.45, 2.75) is 91.2 Å². The first kappa shape index (κ1) is 23.0. The second kappa shape index (κ2) is 11.1. The summed E-state index contributed by atoms with van der Waals surface area (Å²) in [6.07, 6.45) is 11.0. The van der Waals surface area contributed by atoms with Gasteiger partial charge in [0, 0.05) is 17.9 Å². The van der Waals surface area contributed by atoms with Crippen molar-refractivity contribution in [3.63, 3.8) is 0 Å². The molecule has 0 aromatic heterocycles. The summed E-state index contributed by atoms with van der Waals surface area (Å²) in [5.74, 6) is 0.119. The molecule has 1 fully saturated rings. The average Bonchev–Trinajstić information content (AvgIpc) is 3.16. The fourth-order valence-electron chi connectivity index (χ4n) is 4.76. The highest BCUT2D eigenvalue weighted by Crippen LogP contribution is 2.44. The van der Waals surface area contributed by atoms with Crippen LogP contribution in [0.25, 0.3) is 0 Å². The van der Waals surface area contributed by atoms with E-state index < -0.39 is 6.17 Å². The zero-order valence-corrected chi connectivity index (χ0v) is 18.4. The molecular formula is C25H39BFN. The summed E-state index contributed by atoms with van der Waals surface area (Å²) in [5.41, 5.74) is 3.44. The van der Waals surface area contributed by atoms with E-state index in [1.807, 2.05) is 25.1 Å². The van der Waals surface area contributed by atoms with E-state index in [1.54, 1.807) is 0 Å². The SMILES string of the molecule is [B]c1cccc(N(CCCCC2(CC)CCCC2)C(=C)C(C)CC(F)CC)c1. The van der Waals surface area contributed by atoms with E-state index in [1.165, 1.54) is 44.9 Å². The Bertz CT molecular complexity index is 608. The van der Waals surface area contributed by atoms with E-state index in [9.17, 15) is 4.39 Å². The summed E-state index contributed by atoms with van der Waals surface area (Å²) in [6.45, 7) is 11.6. The number of halogens is 1. The molecule has 1 aromatic carbocycles. The first-order valence-corrected chi connectivity index (χ1v) is 11.4. The zero-order valence-electron chi connectivity index (χ0n) is 18.4. The molecule has 2 rings (SSSR count). The van der Waals surface area contributed by atoms with Crippen molar-refractivity contribution < 1.29 is 4.39 Å². The van der Waals surface area contributed by atoms with Crippen LogP contribution in [0, 0.1) is 11.3 Å². The van der Waals surface area contributed by atoms with Crippen LogP contribution in [0.5, 0.6) is 0 Å². The van der Waals surface area contributed by atoms with Crippen molar-refractivity contribution in [1.82, 2.24) is 0 Å². The summed E-state index contributed by atoms with van der Waals surface area (Å²) in [6, 6.07) is 8.00. The van der Waals surface area contributed by atoms with E-state index in [2.05, 4.69) is 31.4 Å². The fourth-order valence-corrected chi connectivity index (χ4v) is 4.76. The number of nitrogens with zero attached hydrogens (tertiary/aromatic N) is 1. The van der Waals surface area contributed by atoms with E-state index in [-0.39, 0.29) is 5.92 Å². The molecule has 2 radical (unpaired) electrons. The zero-order chi connectivity index (χ0) is 20.6. The van der Waals surface area contributed by atoms with Gasteiger partial charge in [0.25, 0.3) is 0 Å². The summed E-state index contributed by atoms with van der Waals surface area (Å²) >= 11 is 0. The summed E-state index contributed by atoms with van der Waals surface area (Å²) in [5, 5.41) is 0. The van der Waals surface area contributed by atoms with E-state index >= 15 is 0 Å². The van der Waals surface area contributed by atoms with Gasteiger partial charge in [0.1, 0.15) is 14.0 Å². The standard InChI is InChI=1S/C25H39BFN/c1-5-23(27)18-20(3)21(4)28(24-13-11-12-22(26)19-24)17-10-9-16-25(6-2)14-7-8-15-25/h11-13,19-20,23H,4-10,14-18H2,1-3H3. The van der Waals surface area contributed by atoms with Crippen LogP contribution in [0.2, 0.25) is 0 Å². The minimum Gasteiger partial charge on any atom is -0.345 e. The number of unbranched alkanes of at least 4 members (excludes halogenated alkanes) is 1. The van der Waals surface area contributed by atoms with Crippen molar-refractivity contribution in [3.05, 3.63) is 36.5 Å². The lowest BCUT2D eigenvalue weighted by atomic mass is 9.79. The van der Waals surface area contributed by atoms with Gasteiger partial charge in [-0.25, -0.2) is 4.39 Å². The minimum atomic E-state index is -0.763. The normalized spacial score (nSPS) is 18.0. The van der Waals surface area contributed by atoms with Gasteiger partial charge >= 0.3 is 0 Å². The van der Waals surface area contributed by atoms with Crippen molar-refractivity contribution in [2.24, 2.45) is 11.3 Å². The molecule has 154 valence electrons. The molecule has 0 heterocycles. The second-order valence-electron chi connectivity index (χ2n) is 8.90. The fraction of sp³-hybridized carbons (Fsp3) is 0.680. The van der Waals surface area contributed by atoms with Gasteiger partial charge in [-0.3, -0.25) is 0 Å². The van der Waals surface area contributed by atoms with Crippen LogP contribution < -0.4 is 10.4 Å². The molecule has 0 spiro atoms. The smallest absolute Gasteiger partial charge is 0.113 e. The minimum absolute atomic E-state index is 0.119. The van der Waals surface area contributed by atoms with E-state index in [0.29, 0.717) is 18.3 Å². The predicted octanol–water partition coefficient (Wildman–Crippen LogP) is 6.72. The lowest BCUT2D eigenvalue weighted by Gasteiger charge is -2.32. The van der Waals surface area contributed by atoms with Gasteiger partial charge in [-0.15, -0.1) is 0 Å². The number of allylic oxidation sites excluding steroid dienone is 1. The molecule has 28 heavy (non-hydrogen) atoms. The molecule has 1 aliphatic rings. The molecule has 0 aliphatic heterocycles. The van der Waals surface area contributed by atoms with Gasteiger partial charge in [-0.05, 0) is 62.0 Å². The number of hydrogen-bond donors (Lipinski definition) is 0. The predicted molar refractivity (Wildman–Crippen MR) is 122 cm³/mol. The number of rotatable bonds is 12. The molecule has 1 aromatic rings. The van der Waals surface area contributed by atoms with Crippen LogP contribution in [-0.2, 0) is 0 Å². The van der Waals surface area contributed by atoms with Crippen molar-refractivity contribution in [3.8, 4) is 0 Å². The van der Waals surface area contributed by atoms with Crippen molar-refractivity contribution in [1.29, 1.82) is 0 Å². The van der Waals surface area contributed by atoms with Gasteiger partial charge in [0.05, 0.1) is 0 Å². The van der Waals surface area contributed by atoms with E-state index in [0.717, 1.165) is 29.8 Å². The molecule has 1 saturated carbocycles. The van der Waals surface area contributed by atoms with Gasteiger partial charge < -0.3 is 4.90 Å². The van der Waals surface area contributed by atoms with Gasteiger partial charge in [0.15, 0.2) is 0 Å². The Balaban J connectivity index is 2.01. The maximum Gasteiger partial charge on any atom is 0.113 e. The van der Waals surface area contributed by atoms with Gasteiger partial charge in [0.2, 0.25) is 0 Å². The monoisotopic (exact) mass is 383 g/mol. The summed E-state index contributed by atoms with van der Waals surface area (Å²) in [7, 11) is 6.03. The third-order valence-corrected chi connectivity index (χ3v) is 6.90. The summed E-state index contributed by atoms with van der Waals surface area (Å²) < 4.78 is 14.0. The summed E-state index contributed by atoms with van der Waals surface area (Å²) in [4.78, 5) is 2.27. The Hall–Kier alpha value is -1.25. The molecule has 0 N–H and O–H groups in total. The van der Waals surface area contributed by atoms with Crippen molar-refractivity contribution >= 4 is 19.0 Å². The van der Waals surface area contributed by atoms with Crippen LogP contribution in [0.3, 0.4) is 0 Å². The van der Waals surface area contributed by atoms with Crippen LogP contribution >= 0.6 is 0 Å². The second-order valence-corrected chi connectivity index (χ2v) is 8.90. The average molecular weight is 383 g/mol. The lowest BCUT2D eigenvalue weighted by molar-refractivity contribution is 0.251. The largest absolute Gasteiger partial charge is 0.345 e. The van der Waals surface area contributed by atoms with Crippen LogP contribution in [-0.4, -0.2) is 20.6 Å². The molecule has 1 nitrogen and oxygen atoms in total. The third-order valence-electron chi connectivity index (χ3n) is 6.90. The van der Waals surface area contributed by atoms with Crippen LogP contribution in [0.15, 0.2) is 36.5 Å². The Morgan fingerprint density at radius 1 is 1.25 bits per heavy atom. The van der Waals surface area contributed by atoms with Gasteiger partial charge in [-0.2, -0.15) is 0 Å². The number of benzene rings is 1. The highest BCUT2D eigenvalue weighted by atomic mass is 19.1. The topological polar surface area (TPSA) is 3.24 Å². The molecule has 3 heteroatoms.